The first kappa shape index (κ1) is 12.1. The van der Waals surface area contributed by atoms with Crippen molar-refractivity contribution < 1.29 is 4.39 Å². The first-order valence-electron chi connectivity index (χ1n) is 5.51. The molecule has 90 valence electrons. The zero-order valence-corrected chi connectivity index (χ0v) is 10.2. The molecule has 0 atom stereocenters. The number of anilines is 2. The van der Waals surface area contributed by atoms with Crippen molar-refractivity contribution in [3.05, 3.63) is 53.0 Å². The molecule has 0 aliphatic carbocycles. The molecule has 4 heteroatoms. The van der Waals surface area contributed by atoms with Crippen LogP contribution >= 0.6 is 0 Å². The summed E-state index contributed by atoms with van der Waals surface area (Å²) in [5, 5.41) is 12.1. The Balaban J connectivity index is 2.44. The van der Waals surface area contributed by atoms with E-state index in [1.807, 2.05) is 6.92 Å². The number of aromatic nitrogens is 1. The largest absolute Gasteiger partial charge is 0.339 e. The van der Waals surface area contributed by atoms with E-state index in [1.54, 1.807) is 31.3 Å². The fourth-order valence-electron chi connectivity index (χ4n) is 1.66. The van der Waals surface area contributed by atoms with Crippen molar-refractivity contribution in [1.82, 2.24) is 4.98 Å². The number of pyridine rings is 1. The maximum Gasteiger partial charge on any atom is 0.148 e. The molecular formula is C14H12FN3. The molecule has 0 saturated heterocycles. The molecule has 0 amide bonds. The molecule has 0 radical (unpaired) electrons. The normalized spacial score (nSPS) is 9.89. The highest BCUT2D eigenvalue weighted by atomic mass is 19.1. The van der Waals surface area contributed by atoms with Crippen LogP contribution in [-0.4, -0.2) is 4.98 Å². The Morgan fingerprint density at radius 3 is 2.78 bits per heavy atom. The Morgan fingerprint density at radius 2 is 2.06 bits per heavy atom. The van der Waals surface area contributed by atoms with Crippen LogP contribution in [0.1, 0.15) is 16.7 Å². The average Bonchev–Trinajstić information content (AvgIpc) is 2.35. The monoisotopic (exact) mass is 241 g/mol. The minimum atomic E-state index is -0.286. The molecule has 0 fully saturated rings. The summed E-state index contributed by atoms with van der Waals surface area (Å²) in [6.07, 6.45) is 1.62. The lowest BCUT2D eigenvalue weighted by Crippen LogP contribution is -2.00. The summed E-state index contributed by atoms with van der Waals surface area (Å²) in [5.41, 5.74) is 2.43. The SMILES string of the molecule is Cc1ccnc(Nc2cccc(F)c2C)c1C#N. The number of rotatable bonds is 2. The quantitative estimate of drug-likeness (QED) is 0.876. The second kappa shape index (κ2) is 4.84. The van der Waals surface area contributed by atoms with Gasteiger partial charge in [0.2, 0.25) is 0 Å². The van der Waals surface area contributed by atoms with Gasteiger partial charge in [0.1, 0.15) is 17.7 Å². The third kappa shape index (κ3) is 2.16. The number of benzene rings is 1. The van der Waals surface area contributed by atoms with Gasteiger partial charge in [0, 0.05) is 17.4 Å². The molecule has 0 aliphatic heterocycles. The maximum atomic E-state index is 13.4. The molecular weight excluding hydrogens is 229 g/mol. The van der Waals surface area contributed by atoms with E-state index in [1.165, 1.54) is 6.07 Å². The Hall–Kier alpha value is -2.41. The van der Waals surface area contributed by atoms with E-state index < -0.39 is 0 Å². The first-order chi connectivity index (χ1) is 8.63. The number of aryl methyl sites for hydroxylation is 1. The Labute approximate surface area is 105 Å². The standard InChI is InChI=1S/C14H12FN3/c1-9-6-7-17-14(11(9)8-16)18-13-5-3-4-12(15)10(13)2/h3-7H,1-2H3,(H,17,18). The van der Waals surface area contributed by atoms with Gasteiger partial charge in [-0.2, -0.15) is 5.26 Å². The van der Waals surface area contributed by atoms with Gasteiger partial charge in [-0.15, -0.1) is 0 Å². The van der Waals surface area contributed by atoms with E-state index in [2.05, 4.69) is 16.4 Å². The molecule has 0 aliphatic rings. The Morgan fingerprint density at radius 1 is 1.28 bits per heavy atom. The maximum absolute atomic E-state index is 13.4. The summed E-state index contributed by atoms with van der Waals surface area (Å²) in [7, 11) is 0. The van der Waals surface area contributed by atoms with Gasteiger partial charge in [0.25, 0.3) is 0 Å². The highest BCUT2D eigenvalue weighted by molar-refractivity contribution is 5.66. The smallest absolute Gasteiger partial charge is 0.148 e. The lowest BCUT2D eigenvalue weighted by molar-refractivity contribution is 0.619. The summed E-state index contributed by atoms with van der Waals surface area (Å²) in [6.45, 7) is 3.52. The summed E-state index contributed by atoms with van der Waals surface area (Å²) in [5.74, 6) is 0.164. The molecule has 1 N–H and O–H groups in total. The molecule has 1 aromatic heterocycles. The Bertz CT molecular complexity index is 629. The molecule has 0 spiro atoms. The van der Waals surface area contributed by atoms with Gasteiger partial charge in [-0.05, 0) is 37.6 Å². The average molecular weight is 241 g/mol. The van der Waals surface area contributed by atoms with E-state index >= 15 is 0 Å². The summed E-state index contributed by atoms with van der Waals surface area (Å²) < 4.78 is 13.4. The highest BCUT2D eigenvalue weighted by Gasteiger charge is 2.09. The van der Waals surface area contributed by atoms with Gasteiger partial charge in [0.15, 0.2) is 0 Å². The lowest BCUT2D eigenvalue weighted by atomic mass is 10.1. The van der Waals surface area contributed by atoms with Crippen LogP contribution in [0, 0.1) is 31.0 Å². The van der Waals surface area contributed by atoms with Gasteiger partial charge in [-0.25, -0.2) is 9.37 Å². The minimum Gasteiger partial charge on any atom is -0.339 e. The second-order valence-corrected chi connectivity index (χ2v) is 4.00. The van der Waals surface area contributed by atoms with Crippen LogP contribution < -0.4 is 5.32 Å². The molecule has 1 heterocycles. The van der Waals surface area contributed by atoms with Crippen molar-refractivity contribution in [1.29, 1.82) is 5.26 Å². The Kier molecular flexibility index (Phi) is 3.24. The predicted octanol–water partition coefficient (Wildman–Crippen LogP) is 3.45. The third-order valence-corrected chi connectivity index (χ3v) is 2.79. The zero-order chi connectivity index (χ0) is 13.1. The van der Waals surface area contributed by atoms with E-state index in [9.17, 15) is 4.39 Å². The van der Waals surface area contributed by atoms with Crippen molar-refractivity contribution in [3.63, 3.8) is 0 Å². The van der Waals surface area contributed by atoms with Gasteiger partial charge in [0.05, 0.1) is 5.56 Å². The molecule has 0 bridgehead atoms. The van der Waals surface area contributed by atoms with E-state index in [4.69, 9.17) is 5.26 Å². The molecule has 1 aromatic carbocycles. The van der Waals surface area contributed by atoms with Crippen molar-refractivity contribution in [2.45, 2.75) is 13.8 Å². The fourth-order valence-corrected chi connectivity index (χ4v) is 1.66. The van der Waals surface area contributed by atoms with E-state index in [0.29, 0.717) is 22.6 Å². The van der Waals surface area contributed by atoms with E-state index in [-0.39, 0.29) is 5.82 Å². The summed E-state index contributed by atoms with van der Waals surface area (Å²) in [4.78, 5) is 4.12. The van der Waals surface area contributed by atoms with Crippen LogP contribution in [-0.2, 0) is 0 Å². The molecule has 2 aromatic rings. The number of nitrogens with zero attached hydrogens (tertiary/aromatic N) is 2. The number of hydrogen-bond donors (Lipinski definition) is 1. The van der Waals surface area contributed by atoms with Crippen molar-refractivity contribution in [3.8, 4) is 6.07 Å². The molecule has 18 heavy (non-hydrogen) atoms. The van der Waals surface area contributed by atoms with Crippen LogP contribution in [0.4, 0.5) is 15.9 Å². The number of nitriles is 1. The van der Waals surface area contributed by atoms with Gasteiger partial charge in [-0.1, -0.05) is 6.07 Å². The first-order valence-corrected chi connectivity index (χ1v) is 5.51. The second-order valence-electron chi connectivity index (χ2n) is 4.00. The number of halogens is 1. The van der Waals surface area contributed by atoms with E-state index in [0.717, 1.165) is 5.56 Å². The molecule has 0 saturated carbocycles. The predicted molar refractivity (Wildman–Crippen MR) is 68.1 cm³/mol. The topological polar surface area (TPSA) is 48.7 Å². The van der Waals surface area contributed by atoms with Crippen molar-refractivity contribution >= 4 is 11.5 Å². The lowest BCUT2D eigenvalue weighted by Gasteiger charge is -2.11. The fraction of sp³-hybridized carbons (Fsp3) is 0.143. The van der Waals surface area contributed by atoms with Crippen LogP contribution in [0.5, 0.6) is 0 Å². The van der Waals surface area contributed by atoms with Gasteiger partial charge < -0.3 is 5.32 Å². The van der Waals surface area contributed by atoms with Gasteiger partial charge in [-0.3, -0.25) is 0 Å². The van der Waals surface area contributed by atoms with Crippen LogP contribution in [0.3, 0.4) is 0 Å². The molecule has 2 rings (SSSR count). The minimum absolute atomic E-state index is 0.286. The summed E-state index contributed by atoms with van der Waals surface area (Å²) >= 11 is 0. The van der Waals surface area contributed by atoms with Crippen molar-refractivity contribution in [2.75, 3.05) is 5.32 Å². The van der Waals surface area contributed by atoms with Crippen LogP contribution in [0.2, 0.25) is 0 Å². The third-order valence-electron chi connectivity index (χ3n) is 2.79. The van der Waals surface area contributed by atoms with Crippen LogP contribution in [0.15, 0.2) is 30.5 Å². The zero-order valence-electron chi connectivity index (χ0n) is 10.2. The summed E-state index contributed by atoms with van der Waals surface area (Å²) in [6, 6.07) is 8.63. The van der Waals surface area contributed by atoms with Crippen LogP contribution in [0.25, 0.3) is 0 Å². The number of nitrogens with one attached hydrogen (secondary N) is 1. The van der Waals surface area contributed by atoms with Crippen molar-refractivity contribution in [2.24, 2.45) is 0 Å². The highest BCUT2D eigenvalue weighted by Crippen LogP contribution is 2.24. The number of hydrogen-bond acceptors (Lipinski definition) is 3. The molecule has 0 unspecified atom stereocenters. The molecule has 3 nitrogen and oxygen atoms in total. The van der Waals surface area contributed by atoms with Gasteiger partial charge >= 0.3 is 0 Å².